The van der Waals surface area contributed by atoms with Crippen LogP contribution in [-0.2, 0) is 38.8 Å². The molecule has 38 heavy (non-hydrogen) atoms. The van der Waals surface area contributed by atoms with E-state index in [0.29, 0.717) is 6.42 Å². The van der Waals surface area contributed by atoms with E-state index >= 15 is 0 Å². The minimum atomic E-state index is -0.144. The van der Waals surface area contributed by atoms with E-state index in [1.807, 2.05) is 0 Å². The third-order valence-electron chi connectivity index (χ3n) is 8.70. The normalized spacial score (nSPS) is 24.6. The van der Waals surface area contributed by atoms with Gasteiger partial charge >= 0.3 is 16.5 Å². The molecule has 2 fully saturated rings. The smallest absolute Gasteiger partial charge is 1.00 e. The molecule has 7 heteroatoms. The minimum absolute atomic E-state index is 0. The number of benzene rings is 2. The van der Waals surface area contributed by atoms with Crippen LogP contribution in [0.5, 0.6) is 0 Å². The molecule has 0 saturated heterocycles. The summed E-state index contributed by atoms with van der Waals surface area (Å²) in [6.45, 7) is 0. The predicted molar refractivity (Wildman–Crippen MR) is 141 cm³/mol. The van der Waals surface area contributed by atoms with Gasteiger partial charge in [-0.05, 0) is 75.3 Å². The fraction of sp³-hybridized carbons (Fsp3) is 0.548. The SMILES string of the molecule is [Br-].[Br-].[Ni+2].c1ccc(C[C@H]2N=C(CC3=N[C@H](Cc4ccccc4)C4(CCCCC4)O3)OC23CCCCC3)cc1. The third kappa shape index (κ3) is 6.75. The van der Waals surface area contributed by atoms with Gasteiger partial charge in [-0.3, -0.25) is 0 Å². The van der Waals surface area contributed by atoms with E-state index in [-0.39, 0.29) is 73.7 Å². The Labute approximate surface area is 258 Å². The summed E-state index contributed by atoms with van der Waals surface area (Å²) in [5.41, 5.74) is 2.40. The molecule has 2 heterocycles. The Hall–Kier alpha value is -1.17. The van der Waals surface area contributed by atoms with Crippen LogP contribution in [0.2, 0.25) is 0 Å². The zero-order valence-corrected chi connectivity index (χ0v) is 26.1. The van der Waals surface area contributed by atoms with Gasteiger partial charge in [0.25, 0.3) is 0 Å². The summed E-state index contributed by atoms with van der Waals surface area (Å²) in [5.74, 6) is 1.69. The molecule has 0 amide bonds. The molecule has 0 unspecified atom stereocenters. The first-order valence-electron chi connectivity index (χ1n) is 13.8. The molecule has 0 bridgehead atoms. The molecule has 4 aliphatic rings. The molecule has 4 nitrogen and oxygen atoms in total. The fourth-order valence-electron chi connectivity index (χ4n) is 6.84. The number of ether oxygens (including phenoxy) is 2. The van der Waals surface area contributed by atoms with E-state index in [2.05, 4.69) is 60.7 Å². The molecule has 2 aliphatic heterocycles. The molecule has 0 radical (unpaired) electrons. The van der Waals surface area contributed by atoms with Crippen molar-refractivity contribution in [1.82, 2.24) is 0 Å². The van der Waals surface area contributed by atoms with Gasteiger partial charge in [-0.2, -0.15) is 0 Å². The average molecular weight is 689 g/mol. The van der Waals surface area contributed by atoms with Crippen LogP contribution in [-0.4, -0.2) is 35.1 Å². The van der Waals surface area contributed by atoms with Crippen molar-refractivity contribution in [2.24, 2.45) is 9.98 Å². The predicted octanol–water partition coefficient (Wildman–Crippen LogP) is 0.868. The van der Waals surface area contributed by atoms with Gasteiger partial charge in [-0.25, -0.2) is 9.98 Å². The number of aliphatic imine (C=N–C) groups is 2. The Bertz CT molecular complexity index is 982. The van der Waals surface area contributed by atoms with Crippen LogP contribution in [0, 0.1) is 0 Å². The maximum atomic E-state index is 6.76. The summed E-state index contributed by atoms with van der Waals surface area (Å²) < 4.78 is 13.5. The summed E-state index contributed by atoms with van der Waals surface area (Å²) >= 11 is 0. The van der Waals surface area contributed by atoms with Crippen LogP contribution < -0.4 is 34.0 Å². The van der Waals surface area contributed by atoms with Gasteiger partial charge in [0, 0.05) is 0 Å². The quantitative estimate of drug-likeness (QED) is 0.424. The van der Waals surface area contributed by atoms with Gasteiger partial charge in [0.05, 0.1) is 18.5 Å². The van der Waals surface area contributed by atoms with Crippen molar-refractivity contribution in [2.75, 3.05) is 0 Å². The van der Waals surface area contributed by atoms with Crippen LogP contribution in [0.1, 0.15) is 81.8 Å². The molecular weight excluding hydrogens is 651 g/mol. The third-order valence-corrected chi connectivity index (χ3v) is 8.70. The minimum Gasteiger partial charge on any atom is -1.00 e. The second kappa shape index (κ2) is 13.9. The maximum absolute atomic E-state index is 6.76. The Kier molecular flexibility index (Phi) is 11.5. The topological polar surface area (TPSA) is 43.2 Å². The number of hydrogen-bond acceptors (Lipinski definition) is 4. The summed E-state index contributed by atoms with van der Waals surface area (Å²) in [6, 6.07) is 21.9. The van der Waals surface area contributed by atoms with Gasteiger partial charge < -0.3 is 43.4 Å². The van der Waals surface area contributed by atoms with Crippen LogP contribution in [0.15, 0.2) is 70.6 Å². The first kappa shape index (κ1) is 31.4. The zero-order valence-electron chi connectivity index (χ0n) is 21.9. The summed E-state index contributed by atoms with van der Waals surface area (Å²) in [5, 5.41) is 0. The molecule has 2 aromatic rings. The molecular formula is C31H38Br2N2NiO2. The molecule has 2 aromatic carbocycles. The van der Waals surface area contributed by atoms with Crippen molar-refractivity contribution in [3.05, 3.63) is 71.8 Å². The summed E-state index contributed by atoms with van der Waals surface area (Å²) in [4.78, 5) is 10.4. The van der Waals surface area contributed by atoms with Crippen molar-refractivity contribution < 1.29 is 59.9 Å². The zero-order chi connectivity index (χ0) is 23.6. The van der Waals surface area contributed by atoms with Crippen LogP contribution >= 0.6 is 0 Å². The van der Waals surface area contributed by atoms with Crippen molar-refractivity contribution in [2.45, 2.75) is 107 Å². The van der Waals surface area contributed by atoms with Gasteiger partial charge in [0.15, 0.2) is 11.8 Å². The van der Waals surface area contributed by atoms with Crippen LogP contribution in [0.3, 0.4) is 0 Å². The van der Waals surface area contributed by atoms with E-state index in [1.165, 1.54) is 49.7 Å². The summed E-state index contributed by atoms with van der Waals surface area (Å²) in [6.07, 6.45) is 14.4. The van der Waals surface area contributed by atoms with E-state index < -0.39 is 0 Å². The second-order valence-electron chi connectivity index (χ2n) is 11.1. The van der Waals surface area contributed by atoms with E-state index in [1.54, 1.807) is 0 Å². The van der Waals surface area contributed by atoms with Crippen molar-refractivity contribution in [3.8, 4) is 0 Å². The fourth-order valence-corrected chi connectivity index (χ4v) is 6.84. The van der Waals surface area contributed by atoms with Gasteiger partial charge in [-0.15, -0.1) is 0 Å². The number of rotatable bonds is 6. The first-order chi connectivity index (χ1) is 17.2. The maximum Gasteiger partial charge on any atom is 2.00 e. The van der Waals surface area contributed by atoms with Gasteiger partial charge in [0.1, 0.15) is 11.2 Å². The monoisotopic (exact) mass is 686 g/mol. The molecule has 2 atom stereocenters. The Morgan fingerprint density at radius 3 is 1.32 bits per heavy atom. The number of hydrogen-bond donors (Lipinski definition) is 0. The Balaban J connectivity index is 0.00000133. The van der Waals surface area contributed by atoms with Gasteiger partial charge in [0.2, 0.25) is 0 Å². The van der Waals surface area contributed by atoms with E-state index in [9.17, 15) is 0 Å². The molecule has 6 rings (SSSR count). The second-order valence-corrected chi connectivity index (χ2v) is 11.1. The Morgan fingerprint density at radius 1 is 0.579 bits per heavy atom. The molecule has 2 saturated carbocycles. The first-order valence-corrected chi connectivity index (χ1v) is 13.8. The summed E-state index contributed by atoms with van der Waals surface area (Å²) in [7, 11) is 0. The molecule has 2 aliphatic carbocycles. The van der Waals surface area contributed by atoms with Crippen molar-refractivity contribution >= 4 is 11.8 Å². The van der Waals surface area contributed by atoms with Gasteiger partial charge in [-0.1, -0.05) is 73.5 Å². The largest absolute Gasteiger partial charge is 2.00 e. The van der Waals surface area contributed by atoms with E-state index in [0.717, 1.165) is 50.3 Å². The van der Waals surface area contributed by atoms with Crippen molar-refractivity contribution in [1.29, 1.82) is 0 Å². The van der Waals surface area contributed by atoms with Crippen LogP contribution in [0.25, 0.3) is 0 Å². The molecule has 2 spiro atoms. The Morgan fingerprint density at radius 2 is 0.947 bits per heavy atom. The molecule has 208 valence electrons. The number of halogens is 2. The van der Waals surface area contributed by atoms with Crippen molar-refractivity contribution in [3.63, 3.8) is 0 Å². The van der Waals surface area contributed by atoms with E-state index in [4.69, 9.17) is 19.5 Å². The number of nitrogens with zero attached hydrogens (tertiary/aromatic N) is 2. The average Bonchev–Trinajstić information content (AvgIpc) is 3.37. The standard InChI is InChI=1S/C31H38N2O2.2BrH.Ni/c1-5-13-24(14-6-1)21-26-30(17-9-3-10-18-30)34-28(32-26)23-29-33-27(22-25-15-7-2-8-16-25)31(35-29)19-11-4-12-20-31;;;/h1-2,5-8,13-16,26-27H,3-4,9-12,17-23H2;2*1H;/q;;;+2/p-2/t26-,27-;;;/m1.../s1. The molecule has 0 N–H and O–H groups in total. The molecule has 0 aromatic heterocycles. The van der Waals surface area contributed by atoms with Crippen LogP contribution in [0.4, 0.5) is 0 Å².